The smallest absolute Gasteiger partial charge is 0.0900 e. The van der Waals surface area contributed by atoms with Crippen molar-refractivity contribution in [1.29, 1.82) is 0 Å². The summed E-state index contributed by atoms with van der Waals surface area (Å²) < 4.78 is 10.7. The maximum absolute atomic E-state index is 9.71. The number of nitrogens with zero attached hydrogens (tertiary/aromatic N) is 1. The maximum atomic E-state index is 9.71. The van der Waals surface area contributed by atoms with Crippen LogP contribution in [0.4, 0.5) is 0 Å². The van der Waals surface area contributed by atoms with Gasteiger partial charge in [0, 0.05) is 26.2 Å². The monoisotopic (exact) mass is 247 g/mol. The van der Waals surface area contributed by atoms with Gasteiger partial charge in [-0.05, 0) is 19.8 Å². The van der Waals surface area contributed by atoms with Gasteiger partial charge in [0.05, 0.1) is 32.0 Å². The maximum Gasteiger partial charge on any atom is 0.0900 e. The lowest BCUT2D eigenvalue weighted by Crippen LogP contribution is -2.42. The number of β-amino-alcohol motifs (C(OH)–C–C–N with tert-alkyl or cyclic N) is 1. The van der Waals surface area contributed by atoms with E-state index < -0.39 is 6.10 Å². The summed E-state index contributed by atoms with van der Waals surface area (Å²) in [5.74, 6) is 0. The van der Waals surface area contributed by atoms with Crippen LogP contribution in [0, 0.1) is 0 Å². The Bertz CT molecular complexity index is 183. The van der Waals surface area contributed by atoms with Crippen molar-refractivity contribution in [3.8, 4) is 0 Å². The number of ether oxygens (including phenoxy) is 2. The van der Waals surface area contributed by atoms with Crippen LogP contribution in [0.2, 0.25) is 0 Å². The van der Waals surface area contributed by atoms with Crippen molar-refractivity contribution >= 4 is 0 Å². The summed E-state index contributed by atoms with van der Waals surface area (Å²) in [5, 5.41) is 18.4. The van der Waals surface area contributed by atoms with Gasteiger partial charge < -0.3 is 24.6 Å². The van der Waals surface area contributed by atoms with Crippen molar-refractivity contribution in [3.05, 3.63) is 0 Å². The fraction of sp³-hybridized carbons (Fsp3) is 1.00. The summed E-state index contributed by atoms with van der Waals surface area (Å²) in [6.45, 7) is 6.07. The van der Waals surface area contributed by atoms with E-state index in [1.54, 1.807) is 0 Å². The zero-order valence-corrected chi connectivity index (χ0v) is 10.7. The van der Waals surface area contributed by atoms with Crippen LogP contribution in [0.15, 0.2) is 0 Å². The molecular weight excluding hydrogens is 222 g/mol. The van der Waals surface area contributed by atoms with E-state index in [0.29, 0.717) is 26.4 Å². The van der Waals surface area contributed by atoms with Crippen LogP contribution in [0.5, 0.6) is 0 Å². The van der Waals surface area contributed by atoms with E-state index in [2.05, 4.69) is 4.90 Å². The normalized spacial score (nSPS) is 20.6. The van der Waals surface area contributed by atoms with E-state index in [-0.39, 0.29) is 12.7 Å². The molecular formula is C12H25NO4. The van der Waals surface area contributed by atoms with E-state index in [1.165, 1.54) is 0 Å². The Kier molecular flexibility index (Phi) is 7.72. The molecule has 1 unspecified atom stereocenters. The molecule has 1 aliphatic rings. The second-order valence-corrected chi connectivity index (χ2v) is 4.41. The largest absolute Gasteiger partial charge is 0.394 e. The molecule has 0 aromatic heterocycles. The molecule has 0 aliphatic carbocycles. The zero-order chi connectivity index (χ0) is 12.5. The second kappa shape index (κ2) is 8.83. The lowest BCUT2D eigenvalue weighted by atomic mass is 10.1. The van der Waals surface area contributed by atoms with Gasteiger partial charge in [-0.3, -0.25) is 0 Å². The summed E-state index contributed by atoms with van der Waals surface area (Å²) in [7, 11) is 0. The number of hydrogen-bond donors (Lipinski definition) is 2. The first-order valence-corrected chi connectivity index (χ1v) is 6.46. The van der Waals surface area contributed by atoms with Gasteiger partial charge in [-0.25, -0.2) is 0 Å². The molecule has 0 amide bonds. The standard InChI is InChI=1S/C12H25NO4/c1-2-16-10-11(15)9-13-5-3-12(4-6-13)17-8-7-14/h11-12,14-15H,2-10H2,1H3. The first-order valence-electron chi connectivity index (χ1n) is 6.46. The Labute approximate surface area is 103 Å². The predicted molar refractivity (Wildman–Crippen MR) is 65.0 cm³/mol. The van der Waals surface area contributed by atoms with Crippen molar-refractivity contribution in [2.45, 2.75) is 32.0 Å². The summed E-state index contributed by atoms with van der Waals surface area (Å²) in [6, 6.07) is 0. The molecule has 17 heavy (non-hydrogen) atoms. The molecule has 102 valence electrons. The molecule has 0 aromatic rings. The Morgan fingerprint density at radius 3 is 2.65 bits per heavy atom. The molecule has 5 heteroatoms. The zero-order valence-electron chi connectivity index (χ0n) is 10.7. The number of aliphatic hydroxyl groups excluding tert-OH is 2. The molecule has 1 saturated heterocycles. The van der Waals surface area contributed by atoms with Crippen molar-refractivity contribution in [1.82, 2.24) is 4.90 Å². The molecule has 0 radical (unpaired) electrons. The molecule has 1 rings (SSSR count). The number of hydrogen-bond acceptors (Lipinski definition) is 5. The third-order valence-corrected chi connectivity index (χ3v) is 2.96. The third kappa shape index (κ3) is 6.33. The predicted octanol–water partition coefficient (Wildman–Crippen LogP) is -0.143. The summed E-state index contributed by atoms with van der Waals surface area (Å²) >= 11 is 0. The highest BCUT2D eigenvalue weighted by molar-refractivity contribution is 4.74. The number of aliphatic hydroxyl groups is 2. The van der Waals surface area contributed by atoms with Gasteiger partial charge in [-0.1, -0.05) is 0 Å². The average molecular weight is 247 g/mol. The molecule has 0 saturated carbocycles. The van der Waals surface area contributed by atoms with Gasteiger partial charge in [0.2, 0.25) is 0 Å². The van der Waals surface area contributed by atoms with Crippen molar-refractivity contribution in [3.63, 3.8) is 0 Å². The molecule has 1 aliphatic heterocycles. The molecule has 0 aromatic carbocycles. The van der Waals surface area contributed by atoms with Crippen LogP contribution < -0.4 is 0 Å². The van der Waals surface area contributed by atoms with Gasteiger partial charge in [0.25, 0.3) is 0 Å². The van der Waals surface area contributed by atoms with E-state index in [9.17, 15) is 5.11 Å². The van der Waals surface area contributed by atoms with Gasteiger partial charge in [-0.2, -0.15) is 0 Å². The highest BCUT2D eigenvalue weighted by atomic mass is 16.5. The molecule has 0 spiro atoms. The SMILES string of the molecule is CCOCC(O)CN1CCC(OCCO)CC1. The Morgan fingerprint density at radius 2 is 2.06 bits per heavy atom. The number of rotatable bonds is 8. The molecule has 1 atom stereocenters. The van der Waals surface area contributed by atoms with Crippen LogP contribution >= 0.6 is 0 Å². The van der Waals surface area contributed by atoms with Crippen LogP contribution in [-0.4, -0.2) is 73.4 Å². The van der Waals surface area contributed by atoms with E-state index in [1.807, 2.05) is 6.92 Å². The van der Waals surface area contributed by atoms with Crippen molar-refractivity contribution in [2.75, 3.05) is 46.1 Å². The minimum atomic E-state index is -0.398. The first kappa shape index (κ1) is 14.9. The fourth-order valence-corrected chi connectivity index (χ4v) is 2.08. The Hall–Kier alpha value is -0.200. The molecule has 0 bridgehead atoms. The lowest BCUT2D eigenvalue weighted by molar-refractivity contribution is -0.0242. The minimum Gasteiger partial charge on any atom is -0.394 e. The average Bonchev–Trinajstić information content (AvgIpc) is 2.35. The van der Waals surface area contributed by atoms with E-state index >= 15 is 0 Å². The van der Waals surface area contributed by atoms with Crippen molar-refractivity contribution in [2.24, 2.45) is 0 Å². The van der Waals surface area contributed by atoms with Gasteiger partial charge in [0.1, 0.15) is 0 Å². The van der Waals surface area contributed by atoms with Crippen LogP contribution in [-0.2, 0) is 9.47 Å². The minimum absolute atomic E-state index is 0.0906. The van der Waals surface area contributed by atoms with Crippen LogP contribution in [0.25, 0.3) is 0 Å². The van der Waals surface area contributed by atoms with Gasteiger partial charge in [-0.15, -0.1) is 0 Å². The molecule has 1 heterocycles. The Morgan fingerprint density at radius 1 is 1.35 bits per heavy atom. The quantitative estimate of drug-likeness (QED) is 0.625. The summed E-state index contributed by atoms with van der Waals surface area (Å²) in [5.41, 5.74) is 0. The molecule has 2 N–H and O–H groups in total. The van der Waals surface area contributed by atoms with Gasteiger partial charge in [0.15, 0.2) is 0 Å². The fourth-order valence-electron chi connectivity index (χ4n) is 2.08. The number of likely N-dealkylation sites (tertiary alicyclic amines) is 1. The van der Waals surface area contributed by atoms with E-state index in [0.717, 1.165) is 25.9 Å². The van der Waals surface area contributed by atoms with Gasteiger partial charge >= 0.3 is 0 Å². The van der Waals surface area contributed by atoms with E-state index in [4.69, 9.17) is 14.6 Å². The molecule has 5 nitrogen and oxygen atoms in total. The van der Waals surface area contributed by atoms with Crippen LogP contribution in [0.3, 0.4) is 0 Å². The highest BCUT2D eigenvalue weighted by Gasteiger charge is 2.21. The molecule has 1 fully saturated rings. The third-order valence-electron chi connectivity index (χ3n) is 2.96. The lowest BCUT2D eigenvalue weighted by Gasteiger charge is -2.32. The van der Waals surface area contributed by atoms with Crippen molar-refractivity contribution < 1.29 is 19.7 Å². The van der Waals surface area contributed by atoms with Crippen LogP contribution in [0.1, 0.15) is 19.8 Å². The second-order valence-electron chi connectivity index (χ2n) is 4.41. The Balaban J connectivity index is 2.09. The topological polar surface area (TPSA) is 62.2 Å². The first-order chi connectivity index (χ1) is 8.26. The summed E-state index contributed by atoms with van der Waals surface area (Å²) in [4.78, 5) is 2.24. The number of piperidine rings is 1. The highest BCUT2D eigenvalue weighted by Crippen LogP contribution is 2.13. The summed E-state index contributed by atoms with van der Waals surface area (Å²) in [6.07, 6.45) is 1.81.